The Balaban J connectivity index is 1.70. The van der Waals surface area contributed by atoms with E-state index in [0.29, 0.717) is 30.5 Å². The Morgan fingerprint density at radius 2 is 2.12 bits per heavy atom. The van der Waals surface area contributed by atoms with Gasteiger partial charge in [0.1, 0.15) is 0 Å². The van der Waals surface area contributed by atoms with E-state index >= 15 is 0 Å². The van der Waals surface area contributed by atoms with Crippen LogP contribution in [0, 0.1) is 0 Å². The van der Waals surface area contributed by atoms with Gasteiger partial charge in [-0.1, -0.05) is 6.07 Å². The van der Waals surface area contributed by atoms with Gasteiger partial charge >= 0.3 is 0 Å². The highest BCUT2D eigenvalue weighted by molar-refractivity contribution is 7.10. The lowest BCUT2D eigenvalue weighted by molar-refractivity contribution is -0.134. The second-order valence-electron chi connectivity index (χ2n) is 5.17. The third-order valence-corrected chi connectivity index (χ3v) is 4.84. The van der Waals surface area contributed by atoms with Gasteiger partial charge in [-0.25, -0.2) is 0 Å². The number of piperidine rings is 1. The van der Waals surface area contributed by atoms with E-state index in [9.17, 15) is 4.79 Å². The van der Waals surface area contributed by atoms with Crippen LogP contribution in [0.4, 0.5) is 0 Å². The van der Waals surface area contributed by atoms with Gasteiger partial charge in [-0.2, -0.15) is 0 Å². The Bertz CT molecular complexity index is 390. The van der Waals surface area contributed by atoms with Crippen molar-refractivity contribution in [2.45, 2.75) is 50.2 Å². The Morgan fingerprint density at radius 3 is 2.71 bits per heavy atom. The van der Waals surface area contributed by atoms with Gasteiger partial charge in [-0.3, -0.25) is 4.79 Å². The van der Waals surface area contributed by atoms with Crippen molar-refractivity contribution in [3.8, 4) is 0 Å². The van der Waals surface area contributed by atoms with E-state index in [1.807, 2.05) is 17.5 Å². The number of nitrogens with zero attached hydrogens (tertiary/aromatic N) is 1. The van der Waals surface area contributed by atoms with E-state index in [-0.39, 0.29) is 0 Å². The lowest BCUT2D eigenvalue weighted by Crippen LogP contribution is -2.50. The van der Waals surface area contributed by atoms with Crippen LogP contribution in [0.5, 0.6) is 0 Å². The third-order valence-electron chi connectivity index (χ3n) is 3.96. The molecule has 1 aromatic heterocycles. The zero-order valence-corrected chi connectivity index (χ0v) is 10.7. The maximum absolute atomic E-state index is 12.3. The molecule has 1 amide bonds. The monoisotopic (exact) mass is 250 g/mol. The Hall–Kier alpha value is -0.870. The van der Waals surface area contributed by atoms with Crippen molar-refractivity contribution in [1.29, 1.82) is 0 Å². The third kappa shape index (κ3) is 2.11. The number of hydrogen-bond donors (Lipinski definition) is 1. The summed E-state index contributed by atoms with van der Waals surface area (Å²) in [7, 11) is 0. The fourth-order valence-electron chi connectivity index (χ4n) is 3.28. The molecule has 2 N–H and O–H groups in total. The summed E-state index contributed by atoms with van der Waals surface area (Å²) in [5.74, 6) is 0.298. The molecule has 0 radical (unpaired) electrons. The van der Waals surface area contributed by atoms with E-state index in [0.717, 1.165) is 25.7 Å². The summed E-state index contributed by atoms with van der Waals surface area (Å²) in [4.78, 5) is 15.6. The van der Waals surface area contributed by atoms with Crippen LogP contribution in [-0.2, 0) is 11.2 Å². The number of thiophene rings is 1. The highest BCUT2D eigenvalue weighted by Crippen LogP contribution is 2.35. The first kappa shape index (κ1) is 11.2. The molecular weight excluding hydrogens is 232 g/mol. The number of nitrogens with two attached hydrogens (primary N) is 1. The first-order valence-corrected chi connectivity index (χ1v) is 7.21. The van der Waals surface area contributed by atoms with E-state index in [2.05, 4.69) is 4.90 Å². The maximum Gasteiger partial charge on any atom is 0.228 e. The molecule has 4 heteroatoms. The second kappa shape index (κ2) is 4.42. The molecule has 0 aliphatic carbocycles. The minimum Gasteiger partial charge on any atom is -0.336 e. The maximum atomic E-state index is 12.3. The first-order valence-electron chi connectivity index (χ1n) is 6.33. The number of amides is 1. The average Bonchev–Trinajstić information content (AvgIpc) is 2.86. The molecule has 2 bridgehead atoms. The predicted molar refractivity (Wildman–Crippen MR) is 68.9 cm³/mol. The minimum atomic E-state index is 0.298. The van der Waals surface area contributed by atoms with Crippen molar-refractivity contribution >= 4 is 17.2 Å². The Labute approximate surface area is 106 Å². The van der Waals surface area contributed by atoms with Gasteiger partial charge in [0.2, 0.25) is 5.91 Å². The van der Waals surface area contributed by atoms with Crippen molar-refractivity contribution in [1.82, 2.24) is 4.90 Å². The normalized spacial score (nSPS) is 31.8. The zero-order chi connectivity index (χ0) is 11.8. The van der Waals surface area contributed by atoms with Gasteiger partial charge < -0.3 is 10.6 Å². The molecule has 17 heavy (non-hydrogen) atoms. The van der Waals surface area contributed by atoms with Crippen LogP contribution in [-0.4, -0.2) is 28.9 Å². The lowest BCUT2D eigenvalue weighted by atomic mass is 9.98. The average molecular weight is 250 g/mol. The van der Waals surface area contributed by atoms with Crippen molar-refractivity contribution in [3.63, 3.8) is 0 Å². The quantitative estimate of drug-likeness (QED) is 0.869. The van der Waals surface area contributed by atoms with Gasteiger partial charge in [0.15, 0.2) is 0 Å². The summed E-state index contributed by atoms with van der Waals surface area (Å²) in [6.07, 6.45) is 4.85. The van der Waals surface area contributed by atoms with Crippen molar-refractivity contribution in [2.75, 3.05) is 0 Å². The molecule has 2 atom stereocenters. The molecule has 92 valence electrons. The highest BCUT2D eigenvalue weighted by atomic mass is 32.1. The van der Waals surface area contributed by atoms with Crippen LogP contribution < -0.4 is 5.73 Å². The Kier molecular flexibility index (Phi) is 2.92. The topological polar surface area (TPSA) is 46.3 Å². The second-order valence-corrected chi connectivity index (χ2v) is 6.21. The molecule has 3 heterocycles. The fourth-order valence-corrected chi connectivity index (χ4v) is 3.98. The Morgan fingerprint density at radius 1 is 1.41 bits per heavy atom. The molecule has 1 aromatic rings. The van der Waals surface area contributed by atoms with Crippen LogP contribution >= 0.6 is 11.3 Å². The van der Waals surface area contributed by atoms with Gasteiger partial charge in [0.25, 0.3) is 0 Å². The molecule has 2 aliphatic rings. The highest BCUT2D eigenvalue weighted by Gasteiger charge is 2.41. The standard InChI is InChI=1S/C13H18N2OS/c14-9-6-10-3-4-11(7-9)15(10)13(16)8-12-2-1-5-17-12/h1-2,5,9-11H,3-4,6-8,14H2. The fraction of sp³-hybridized carbons (Fsp3) is 0.615. The largest absolute Gasteiger partial charge is 0.336 e. The minimum absolute atomic E-state index is 0.298. The lowest BCUT2D eigenvalue weighted by Gasteiger charge is -2.37. The number of fused-ring (bicyclic) bond motifs is 2. The molecule has 2 unspecified atom stereocenters. The summed E-state index contributed by atoms with van der Waals surface area (Å²) in [6, 6.07) is 5.18. The summed E-state index contributed by atoms with van der Waals surface area (Å²) in [5.41, 5.74) is 6.02. The predicted octanol–water partition coefficient (Wildman–Crippen LogP) is 1.77. The smallest absolute Gasteiger partial charge is 0.228 e. The van der Waals surface area contributed by atoms with E-state index in [1.54, 1.807) is 11.3 Å². The zero-order valence-electron chi connectivity index (χ0n) is 9.84. The molecule has 2 aliphatic heterocycles. The van der Waals surface area contributed by atoms with Gasteiger partial charge in [0, 0.05) is 23.0 Å². The summed E-state index contributed by atoms with van der Waals surface area (Å²) in [5, 5.41) is 2.03. The number of rotatable bonds is 2. The van der Waals surface area contributed by atoms with E-state index < -0.39 is 0 Å². The molecule has 3 nitrogen and oxygen atoms in total. The van der Waals surface area contributed by atoms with Gasteiger partial charge in [-0.15, -0.1) is 11.3 Å². The van der Waals surface area contributed by atoms with Crippen LogP contribution in [0.2, 0.25) is 0 Å². The van der Waals surface area contributed by atoms with Crippen molar-refractivity contribution < 1.29 is 4.79 Å². The summed E-state index contributed by atoms with van der Waals surface area (Å²) >= 11 is 1.67. The van der Waals surface area contributed by atoms with Crippen LogP contribution in [0.25, 0.3) is 0 Å². The number of carbonyl (C=O) groups is 1. The van der Waals surface area contributed by atoms with Gasteiger partial charge in [-0.05, 0) is 37.1 Å². The van der Waals surface area contributed by atoms with Crippen LogP contribution in [0.15, 0.2) is 17.5 Å². The number of hydrogen-bond acceptors (Lipinski definition) is 3. The van der Waals surface area contributed by atoms with E-state index in [1.165, 1.54) is 4.88 Å². The molecule has 2 saturated heterocycles. The first-order chi connectivity index (χ1) is 8.24. The van der Waals surface area contributed by atoms with Crippen molar-refractivity contribution in [3.05, 3.63) is 22.4 Å². The molecule has 0 aromatic carbocycles. The molecule has 0 spiro atoms. The number of carbonyl (C=O) groups excluding carboxylic acids is 1. The van der Waals surface area contributed by atoms with Crippen LogP contribution in [0.3, 0.4) is 0 Å². The van der Waals surface area contributed by atoms with Crippen LogP contribution in [0.1, 0.15) is 30.6 Å². The molecule has 3 rings (SSSR count). The van der Waals surface area contributed by atoms with Crippen molar-refractivity contribution in [2.24, 2.45) is 5.73 Å². The molecule has 2 fully saturated rings. The SMILES string of the molecule is NC1CC2CCC(C1)N2C(=O)Cc1cccs1. The summed E-state index contributed by atoms with van der Waals surface area (Å²) in [6.45, 7) is 0. The van der Waals surface area contributed by atoms with E-state index in [4.69, 9.17) is 5.73 Å². The molecule has 0 saturated carbocycles. The molecular formula is C13H18N2OS. The van der Waals surface area contributed by atoms with Gasteiger partial charge in [0.05, 0.1) is 6.42 Å². The summed E-state index contributed by atoms with van der Waals surface area (Å²) < 4.78 is 0.